The smallest absolute Gasteiger partial charge is 0.226 e. The van der Waals surface area contributed by atoms with Crippen molar-refractivity contribution in [2.75, 3.05) is 6.54 Å². The van der Waals surface area contributed by atoms with Crippen LogP contribution < -0.4 is 5.32 Å². The molecule has 0 spiro atoms. The molecule has 0 aromatic carbocycles. The van der Waals surface area contributed by atoms with Crippen molar-refractivity contribution in [1.82, 2.24) is 5.32 Å². The van der Waals surface area contributed by atoms with Crippen molar-refractivity contribution in [3.63, 3.8) is 0 Å². The van der Waals surface area contributed by atoms with Crippen LogP contribution >= 0.6 is 0 Å². The highest BCUT2D eigenvalue weighted by Gasteiger charge is 2.19. The van der Waals surface area contributed by atoms with E-state index in [1.54, 1.807) is 6.92 Å². The SMILES string of the molecule is CC#CCNC(=O)C(C)(C)C. The average Bonchev–Trinajstić information content (AvgIpc) is 1.86. The Balaban J connectivity index is 3.77. The zero-order chi connectivity index (χ0) is 8.91. The van der Waals surface area contributed by atoms with Crippen molar-refractivity contribution < 1.29 is 4.79 Å². The quantitative estimate of drug-likeness (QED) is 0.563. The lowest BCUT2D eigenvalue weighted by Gasteiger charge is -2.15. The van der Waals surface area contributed by atoms with Gasteiger partial charge in [-0.3, -0.25) is 4.79 Å². The van der Waals surface area contributed by atoms with Crippen LogP contribution in [-0.2, 0) is 4.79 Å². The summed E-state index contributed by atoms with van der Waals surface area (Å²) in [6.07, 6.45) is 0. The van der Waals surface area contributed by atoms with Crippen LogP contribution in [0, 0.1) is 17.3 Å². The van der Waals surface area contributed by atoms with Gasteiger partial charge in [0.2, 0.25) is 5.91 Å². The van der Waals surface area contributed by atoms with Gasteiger partial charge >= 0.3 is 0 Å². The Morgan fingerprint density at radius 2 is 2.00 bits per heavy atom. The molecule has 2 heteroatoms. The Hall–Kier alpha value is -0.970. The molecule has 1 amide bonds. The molecule has 0 aliphatic carbocycles. The van der Waals surface area contributed by atoms with E-state index in [-0.39, 0.29) is 11.3 Å². The minimum absolute atomic E-state index is 0.0419. The van der Waals surface area contributed by atoms with Gasteiger partial charge < -0.3 is 5.32 Å². The first-order chi connectivity index (χ1) is 4.98. The zero-order valence-corrected chi connectivity index (χ0v) is 7.62. The molecule has 0 aliphatic rings. The summed E-state index contributed by atoms with van der Waals surface area (Å²) in [7, 11) is 0. The molecule has 0 rings (SSSR count). The standard InChI is InChI=1S/C9H15NO/c1-5-6-7-10-8(11)9(2,3)4/h7H2,1-4H3,(H,10,11). The van der Waals surface area contributed by atoms with Gasteiger partial charge in [-0.05, 0) is 6.92 Å². The summed E-state index contributed by atoms with van der Waals surface area (Å²) < 4.78 is 0. The third-order valence-electron chi connectivity index (χ3n) is 1.20. The minimum atomic E-state index is -0.310. The van der Waals surface area contributed by atoms with Gasteiger partial charge in [-0.25, -0.2) is 0 Å². The summed E-state index contributed by atoms with van der Waals surface area (Å²) >= 11 is 0. The highest BCUT2D eigenvalue weighted by molar-refractivity contribution is 5.81. The molecule has 0 bridgehead atoms. The number of carbonyl (C=O) groups is 1. The van der Waals surface area contributed by atoms with Crippen molar-refractivity contribution in [2.24, 2.45) is 5.41 Å². The van der Waals surface area contributed by atoms with E-state index in [9.17, 15) is 4.79 Å². The van der Waals surface area contributed by atoms with Crippen molar-refractivity contribution in [3.8, 4) is 11.8 Å². The van der Waals surface area contributed by atoms with Gasteiger partial charge in [0.25, 0.3) is 0 Å². The van der Waals surface area contributed by atoms with Crippen LogP contribution in [0.25, 0.3) is 0 Å². The molecule has 0 saturated heterocycles. The fraction of sp³-hybridized carbons (Fsp3) is 0.667. The van der Waals surface area contributed by atoms with Crippen LogP contribution in [-0.4, -0.2) is 12.5 Å². The predicted octanol–water partition coefficient (Wildman–Crippen LogP) is 1.17. The molecule has 2 nitrogen and oxygen atoms in total. The van der Waals surface area contributed by atoms with Crippen molar-refractivity contribution in [3.05, 3.63) is 0 Å². The van der Waals surface area contributed by atoms with Crippen molar-refractivity contribution in [2.45, 2.75) is 27.7 Å². The number of carbonyl (C=O) groups excluding carboxylic acids is 1. The first-order valence-electron chi connectivity index (χ1n) is 3.66. The maximum atomic E-state index is 11.2. The normalized spacial score (nSPS) is 9.82. The summed E-state index contributed by atoms with van der Waals surface area (Å²) in [6, 6.07) is 0. The Morgan fingerprint density at radius 1 is 1.45 bits per heavy atom. The third kappa shape index (κ3) is 4.44. The molecular formula is C9H15NO. The zero-order valence-electron chi connectivity index (χ0n) is 7.62. The number of rotatable bonds is 1. The van der Waals surface area contributed by atoms with Crippen LogP contribution in [0.4, 0.5) is 0 Å². The minimum Gasteiger partial charge on any atom is -0.345 e. The van der Waals surface area contributed by atoms with Crippen LogP contribution in [0.5, 0.6) is 0 Å². The van der Waals surface area contributed by atoms with Gasteiger partial charge in [-0.15, -0.1) is 5.92 Å². The molecule has 0 atom stereocenters. The number of nitrogens with one attached hydrogen (secondary N) is 1. The molecule has 11 heavy (non-hydrogen) atoms. The summed E-state index contributed by atoms with van der Waals surface area (Å²) in [4.78, 5) is 11.2. The van der Waals surface area contributed by atoms with Gasteiger partial charge in [0.15, 0.2) is 0 Å². The second-order valence-electron chi connectivity index (χ2n) is 3.36. The summed E-state index contributed by atoms with van der Waals surface area (Å²) in [6.45, 7) is 7.83. The first kappa shape index (κ1) is 10.0. The maximum absolute atomic E-state index is 11.2. The lowest BCUT2D eigenvalue weighted by atomic mass is 9.96. The van der Waals surface area contributed by atoms with E-state index in [1.165, 1.54) is 0 Å². The lowest BCUT2D eigenvalue weighted by molar-refractivity contribution is -0.128. The number of hydrogen-bond acceptors (Lipinski definition) is 1. The number of amides is 1. The molecule has 62 valence electrons. The van der Waals surface area contributed by atoms with Gasteiger partial charge in [0.1, 0.15) is 0 Å². The fourth-order valence-corrected chi connectivity index (χ4v) is 0.478. The van der Waals surface area contributed by atoms with E-state index in [4.69, 9.17) is 0 Å². The lowest BCUT2D eigenvalue weighted by Crippen LogP contribution is -2.34. The molecular weight excluding hydrogens is 138 g/mol. The van der Waals surface area contributed by atoms with Gasteiger partial charge in [0.05, 0.1) is 6.54 Å². The molecule has 0 heterocycles. The van der Waals surface area contributed by atoms with E-state index < -0.39 is 0 Å². The molecule has 1 N–H and O–H groups in total. The second kappa shape index (κ2) is 4.02. The average molecular weight is 153 g/mol. The van der Waals surface area contributed by atoms with E-state index in [1.807, 2.05) is 20.8 Å². The topological polar surface area (TPSA) is 29.1 Å². The van der Waals surface area contributed by atoms with Crippen LogP contribution in [0.2, 0.25) is 0 Å². The predicted molar refractivity (Wildman–Crippen MR) is 45.9 cm³/mol. The summed E-state index contributed by atoms with van der Waals surface area (Å²) in [5.74, 6) is 5.52. The Morgan fingerprint density at radius 3 is 2.36 bits per heavy atom. The molecule has 0 aromatic rings. The largest absolute Gasteiger partial charge is 0.345 e. The van der Waals surface area contributed by atoms with Crippen LogP contribution in [0.15, 0.2) is 0 Å². The van der Waals surface area contributed by atoms with Gasteiger partial charge in [-0.1, -0.05) is 26.7 Å². The first-order valence-corrected chi connectivity index (χ1v) is 3.66. The summed E-state index contributed by atoms with van der Waals surface area (Å²) in [5, 5.41) is 2.71. The van der Waals surface area contributed by atoms with Crippen LogP contribution in [0.1, 0.15) is 27.7 Å². The van der Waals surface area contributed by atoms with E-state index in [2.05, 4.69) is 17.2 Å². The molecule has 0 aliphatic heterocycles. The summed E-state index contributed by atoms with van der Waals surface area (Å²) in [5.41, 5.74) is -0.310. The highest BCUT2D eigenvalue weighted by atomic mass is 16.2. The van der Waals surface area contributed by atoms with Crippen molar-refractivity contribution in [1.29, 1.82) is 0 Å². The Labute approximate surface area is 68.4 Å². The van der Waals surface area contributed by atoms with Crippen LogP contribution in [0.3, 0.4) is 0 Å². The van der Waals surface area contributed by atoms with Crippen molar-refractivity contribution >= 4 is 5.91 Å². The van der Waals surface area contributed by atoms with E-state index in [0.717, 1.165) is 0 Å². The molecule has 0 fully saturated rings. The Kier molecular flexibility index (Phi) is 3.67. The molecule has 0 aromatic heterocycles. The van der Waals surface area contributed by atoms with E-state index in [0.29, 0.717) is 6.54 Å². The Bertz CT molecular complexity index is 190. The highest BCUT2D eigenvalue weighted by Crippen LogP contribution is 2.11. The van der Waals surface area contributed by atoms with Gasteiger partial charge in [-0.2, -0.15) is 0 Å². The van der Waals surface area contributed by atoms with E-state index >= 15 is 0 Å². The third-order valence-corrected chi connectivity index (χ3v) is 1.20. The second-order valence-corrected chi connectivity index (χ2v) is 3.36. The molecule has 0 saturated carbocycles. The fourth-order valence-electron chi connectivity index (χ4n) is 0.478. The molecule has 0 unspecified atom stereocenters. The van der Waals surface area contributed by atoms with Gasteiger partial charge in [0, 0.05) is 5.41 Å². The number of hydrogen-bond donors (Lipinski definition) is 1. The monoisotopic (exact) mass is 153 g/mol. The molecule has 0 radical (unpaired) electrons. The maximum Gasteiger partial charge on any atom is 0.226 e.